The normalized spacial score (nSPS) is 11.3. The number of rotatable bonds is 6. The zero-order valence-corrected chi connectivity index (χ0v) is 27.4. The zero-order chi connectivity index (χ0) is 32.6. The predicted octanol–water partition coefficient (Wildman–Crippen LogP) is 12.8. The maximum atomic E-state index is 5.23. The summed E-state index contributed by atoms with van der Waals surface area (Å²) in [6, 6.07) is 64.5. The third kappa shape index (κ3) is 5.50. The summed E-state index contributed by atoms with van der Waals surface area (Å²) >= 11 is 1.73. The number of aromatic nitrogens is 2. The molecule has 0 bridgehead atoms. The van der Waals surface area contributed by atoms with Crippen molar-refractivity contribution in [2.75, 3.05) is 0 Å². The third-order valence-electron chi connectivity index (χ3n) is 9.13. The first-order valence-electron chi connectivity index (χ1n) is 16.5. The Kier molecular flexibility index (Phi) is 7.38. The molecule has 230 valence electrons. The van der Waals surface area contributed by atoms with Gasteiger partial charge in [-0.05, 0) is 68.8 Å². The van der Waals surface area contributed by atoms with Crippen LogP contribution in [0.25, 0.3) is 87.5 Å². The third-order valence-corrected chi connectivity index (χ3v) is 10.2. The van der Waals surface area contributed by atoms with Crippen molar-refractivity contribution in [1.29, 1.82) is 0 Å². The molecule has 0 unspecified atom stereocenters. The summed E-state index contributed by atoms with van der Waals surface area (Å²) in [5.74, 6) is 0.736. The molecule has 0 saturated carbocycles. The number of hydrogen-bond acceptors (Lipinski definition) is 3. The quantitative estimate of drug-likeness (QED) is 0.180. The van der Waals surface area contributed by atoms with Gasteiger partial charge >= 0.3 is 0 Å². The van der Waals surface area contributed by atoms with Gasteiger partial charge in [-0.3, -0.25) is 0 Å². The van der Waals surface area contributed by atoms with Crippen LogP contribution in [0.2, 0.25) is 0 Å². The monoisotopic (exact) mass is 642 g/mol. The van der Waals surface area contributed by atoms with Crippen LogP contribution < -0.4 is 0 Å². The van der Waals surface area contributed by atoms with Crippen LogP contribution >= 0.6 is 11.3 Å². The zero-order valence-electron chi connectivity index (χ0n) is 26.6. The molecule has 3 heteroatoms. The summed E-state index contributed by atoms with van der Waals surface area (Å²) in [4.78, 5) is 11.4. The van der Waals surface area contributed by atoms with Gasteiger partial charge in [0.2, 0.25) is 0 Å². The van der Waals surface area contributed by atoms with Crippen LogP contribution in [-0.2, 0) is 0 Å². The maximum Gasteiger partial charge on any atom is 0.161 e. The van der Waals surface area contributed by atoms with Crippen molar-refractivity contribution in [2.24, 2.45) is 0 Å². The fourth-order valence-electron chi connectivity index (χ4n) is 6.72. The highest BCUT2D eigenvalue weighted by Gasteiger charge is 2.17. The van der Waals surface area contributed by atoms with Gasteiger partial charge in [0.25, 0.3) is 0 Å². The highest BCUT2D eigenvalue weighted by atomic mass is 32.1. The van der Waals surface area contributed by atoms with Gasteiger partial charge in [0, 0.05) is 26.6 Å². The summed E-state index contributed by atoms with van der Waals surface area (Å²) in [6.07, 6.45) is 0. The number of hydrogen-bond donors (Lipinski definition) is 0. The van der Waals surface area contributed by atoms with E-state index >= 15 is 0 Å². The Morgan fingerprint density at radius 2 is 0.857 bits per heavy atom. The molecule has 0 saturated heterocycles. The Bertz CT molecular complexity index is 2590. The molecule has 0 aliphatic rings. The summed E-state index contributed by atoms with van der Waals surface area (Å²) in [7, 11) is 0. The molecule has 2 nitrogen and oxygen atoms in total. The van der Waals surface area contributed by atoms with Crippen molar-refractivity contribution in [2.45, 2.75) is 0 Å². The van der Waals surface area contributed by atoms with E-state index in [0.29, 0.717) is 0 Å². The first-order chi connectivity index (χ1) is 24.3. The Hall–Kier alpha value is -6.16. The molecule has 0 atom stereocenters. The van der Waals surface area contributed by atoms with E-state index in [1.165, 1.54) is 43.5 Å². The maximum absolute atomic E-state index is 5.23. The minimum Gasteiger partial charge on any atom is -0.227 e. The van der Waals surface area contributed by atoms with Gasteiger partial charge in [0.15, 0.2) is 5.82 Å². The number of benzene rings is 7. The minimum absolute atomic E-state index is 0.736. The predicted molar refractivity (Wildman–Crippen MR) is 208 cm³/mol. The van der Waals surface area contributed by atoms with Crippen LogP contribution in [0, 0.1) is 0 Å². The van der Waals surface area contributed by atoms with E-state index < -0.39 is 0 Å². The van der Waals surface area contributed by atoms with Gasteiger partial charge in [-0.15, -0.1) is 11.3 Å². The van der Waals surface area contributed by atoms with Crippen molar-refractivity contribution < 1.29 is 0 Å². The molecule has 0 aliphatic carbocycles. The standard InChI is InChI=1S/C46H30N2S/c1-4-14-31(15-5-1)39-27-26-37(30-41(39)32-16-6-2-7-17-32)35-21-12-20-34(28-35)36-22-13-23-38(29-36)45-47-44(33-18-8-3-9-19-33)43-40-24-10-11-25-42(40)49-46(43)48-45/h1-30H. The lowest BCUT2D eigenvalue weighted by Gasteiger charge is -2.14. The minimum atomic E-state index is 0.736. The van der Waals surface area contributed by atoms with Gasteiger partial charge in [-0.1, -0.05) is 158 Å². The Balaban J connectivity index is 1.13. The van der Waals surface area contributed by atoms with E-state index in [1.54, 1.807) is 11.3 Å². The van der Waals surface area contributed by atoms with E-state index in [1.807, 2.05) is 6.07 Å². The second-order valence-corrected chi connectivity index (χ2v) is 13.2. The molecule has 49 heavy (non-hydrogen) atoms. The first kappa shape index (κ1) is 29.0. The molecule has 0 N–H and O–H groups in total. The van der Waals surface area contributed by atoms with Crippen molar-refractivity contribution in [3.63, 3.8) is 0 Å². The van der Waals surface area contributed by atoms with Crippen LogP contribution in [0.4, 0.5) is 0 Å². The Morgan fingerprint density at radius 1 is 0.347 bits per heavy atom. The van der Waals surface area contributed by atoms with E-state index in [-0.39, 0.29) is 0 Å². The molecule has 0 amide bonds. The molecule has 2 aromatic heterocycles. The molecule has 9 rings (SSSR count). The van der Waals surface area contributed by atoms with Crippen molar-refractivity contribution in [3.8, 4) is 67.2 Å². The van der Waals surface area contributed by atoms with E-state index in [4.69, 9.17) is 9.97 Å². The molecular weight excluding hydrogens is 613 g/mol. The van der Waals surface area contributed by atoms with Gasteiger partial charge in [-0.25, -0.2) is 9.97 Å². The molecule has 0 spiro atoms. The molecule has 0 fully saturated rings. The van der Waals surface area contributed by atoms with Crippen molar-refractivity contribution in [3.05, 3.63) is 182 Å². The Morgan fingerprint density at radius 3 is 1.53 bits per heavy atom. The van der Waals surface area contributed by atoms with Crippen LogP contribution in [0.1, 0.15) is 0 Å². The SMILES string of the molecule is c1ccc(-c2ccc(-c3cccc(-c4cccc(-c5nc(-c6ccccc6)c6c(n5)sc5ccccc56)c4)c3)cc2-c2ccccc2)cc1. The van der Waals surface area contributed by atoms with E-state index in [9.17, 15) is 0 Å². The number of fused-ring (bicyclic) bond motifs is 3. The average Bonchev–Trinajstić information content (AvgIpc) is 3.57. The lowest BCUT2D eigenvalue weighted by molar-refractivity contribution is 1.24. The summed E-state index contributed by atoms with van der Waals surface area (Å²) < 4.78 is 1.22. The van der Waals surface area contributed by atoms with Crippen LogP contribution in [0.3, 0.4) is 0 Å². The Labute approximate surface area is 289 Å². The second kappa shape index (κ2) is 12.5. The molecular formula is C46H30N2S. The van der Waals surface area contributed by atoms with Gasteiger partial charge in [0.1, 0.15) is 4.83 Å². The van der Waals surface area contributed by atoms with Crippen LogP contribution in [0.5, 0.6) is 0 Å². The van der Waals surface area contributed by atoms with Gasteiger partial charge in [0.05, 0.1) is 5.69 Å². The summed E-state index contributed by atoms with van der Waals surface area (Å²) in [5, 5.41) is 2.32. The van der Waals surface area contributed by atoms with Crippen molar-refractivity contribution >= 4 is 31.6 Å². The smallest absolute Gasteiger partial charge is 0.161 e. The molecule has 0 radical (unpaired) electrons. The van der Waals surface area contributed by atoms with Crippen LogP contribution in [-0.4, -0.2) is 9.97 Å². The topological polar surface area (TPSA) is 25.8 Å². The first-order valence-corrected chi connectivity index (χ1v) is 17.3. The molecule has 2 heterocycles. The highest BCUT2D eigenvalue weighted by Crippen LogP contribution is 2.40. The molecule has 0 aliphatic heterocycles. The largest absolute Gasteiger partial charge is 0.227 e. The average molecular weight is 643 g/mol. The number of thiophene rings is 1. The second-order valence-electron chi connectivity index (χ2n) is 12.2. The molecule has 9 aromatic rings. The highest BCUT2D eigenvalue weighted by molar-refractivity contribution is 7.25. The lowest BCUT2D eigenvalue weighted by Crippen LogP contribution is -1.94. The van der Waals surface area contributed by atoms with E-state index in [0.717, 1.165) is 44.0 Å². The number of nitrogens with zero attached hydrogens (tertiary/aromatic N) is 2. The fourth-order valence-corrected chi connectivity index (χ4v) is 7.80. The van der Waals surface area contributed by atoms with Crippen molar-refractivity contribution in [1.82, 2.24) is 9.97 Å². The lowest BCUT2D eigenvalue weighted by atomic mass is 9.90. The fraction of sp³-hybridized carbons (Fsp3) is 0. The van der Waals surface area contributed by atoms with Crippen LogP contribution in [0.15, 0.2) is 182 Å². The summed E-state index contributed by atoms with van der Waals surface area (Å²) in [5.41, 5.74) is 12.6. The molecule has 7 aromatic carbocycles. The van der Waals surface area contributed by atoms with Gasteiger partial charge < -0.3 is 0 Å². The summed E-state index contributed by atoms with van der Waals surface area (Å²) in [6.45, 7) is 0. The van der Waals surface area contributed by atoms with Gasteiger partial charge in [-0.2, -0.15) is 0 Å². The van der Waals surface area contributed by atoms with E-state index in [2.05, 4.69) is 176 Å².